The Balaban J connectivity index is 2.48. The van der Waals surface area contributed by atoms with Crippen LogP contribution >= 0.6 is 11.8 Å². The zero-order chi connectivity index (χ0) is 15.0. The Morgan fingerprint density at radius 1 is 1.35 bits per heavy atom. The molecule has 0 aliphatic heterocycles. The van der Waals surface area contributed by atoms with Gasteiger partial charge in [0, 0.05) is 23.1 Å². The third-order valence-electron chi connectivity index (χ3n) is 2.30. The van der Waals surface area contributed by atoms with Gasteiger partial charge in [-0.25, -0.2) is 4.79 Å². The van der Waals surface area contributed by atoms with E-state index in [2.05, 4.69) is 5.32 Å². The third-order valence-corrected chi connectivity index (χ3v) is 3.47. The monoisotopic (exact) mass is 295 g/mol. The second-order valence-corrected chi connectivity index (χ2v) is 6.46. The van der Waals surface area contributed by atoms with Crippen molar-refractivity contribution in [1.82, 2.24) is 5.32 Å². The second-order valence-electron chi connectivity index (χ2n) is 5.37. The molecule has 110 valence electrons. The van der Waals surface area contributed by atoms with E-state index >= 15 is 0 Å². The molecule has 20 heavy (non-hydrogen) atoms. The summed E-state index contributed by atoms with van der Waals surface area (Å²) >= 11 is 1.60. The minimum absolute atomic E-state index is 0.229. The Hall–Kier alpha value is -1.49. The number of thioether (sulfide) groups is 1. The van der Waals surface area contributed by atoms with Crippen molar-refractivity contribution in [3.05, 3.63) is 30.3 Å². The summed E-state index contributed by atoms with van der Waals surface area (Å²) in [7, 11) is 0. The van der Waals surface area contributed by atoms with Crippen LogP contribution in [0.3, 0.4) is 0 Å². The molecule has 0 saturated heterocycles. The minimum atomic E-state index is -0.539. The van der Waals surface area contributed by atoms with Gasteiger partial charge in [-0.1, -0.05) is 18.2 Å². The largest absolute Gasteiger partial charge is 0.444 e. The van der Waals surface area contributed by atoms with Crippen molar-refractivity contribution in [2.45, 2.75) is 43.7 Å². The van der Waals surface area contributed by atoms with Crippen molar-refractivity contribution in [2.24, 2.45) is 0 Å². The molecule has 4 nitrogen and oxygen atoms in total. The predicted octanol–water partition coefficient (Wildman–Crippen LogP) is 3.26. The second kappa shape index (κ2) is 7.94. The minimum Gasteiger partial charge on any atom is -0.444 e. The van der Waals surface area contributed by atoms with E-state index in [1.165, 1.54) is 0 Å². The molecule has 1 unspecified atom stereocenters. The average Bonchev–Trinajstić information content (AvgIpc) is 2.35. The molecule has 0 radical (unpaired) electrons. The summed E-state index contributed by atoms with van der Waals surface area (Å²) in [5.74, 6) is 0.627. The fraction of sp³-hybridized carbons (Fsp3) is 0.467. The summed E-state index contributed by atoms with van der Waals surface area (Å²) in [6, 6.07) is 9.63. The van der Waals surface area contributed by atoms with Crippen molar-refractivity contribution in [2.75, 3.05) is 5.75 Å². The molecule has 1 amide bonds. The van der Waals surface area contributed by atoms with Crippen molar-refractivity contribution in [3.63, 3.8) is 0 Å². The number of aldehydes is 1. The van der Waals surface area contributed by atoms with Gasteiger partial charge in [0.2, 0.25) is 0 Å². The SMILES string of the molecule is CC(C)(C)OC(=O)NC(CC=O)CSc1ccccc1. The number of carbonyl (C=O) groups excluding carboxylic acids is 2. The zero-order valence-corrected chi connectivity index (χ0v) is 12.9. The standard InChI is InChI=1S/C15H21NO3S/c1-15(2,3)19-14(18)16-12(9-10-17)11-20-13-7-5-4-6-8-13/h4-8,10,12H,9,11H2,1-3H3,(H,16,18). The van der Waals surface area contributed by atoms with E-state index in [4.69, 9.17) is 4.74 Å². The number of rotatable bonds is 6. The fourth-order valence-corrected chi connectivity index (χ4v) is 2.44. The molecule has 1 atom stereocenters. The normalized spacial score (nSPS) is 12.6. The highest BCUT2D eigenvalue weighted by atomic mass is 32.2. The van der Waals surface area contributed by atoms with Crippen LogP contribution in [0.4, 0.5) is 4.79 Å². The molecule has 0 spiro atoms. The van der Waals surface area contributed by atoms with Crippen LogP contribution in [-0.4, -0.2) is 29.8 Å². The van der Waals surface area contributed by atoms with Crippen LogP contribution < -0.4 is 5.32 Å². The van der Waals surface area contributed by atoms with Crippen LogP contribution in [0.2, 0.25) is 0 Å². The number of benzene rings is 1. The lowest BCUT2D eigenvalue weighted by atomic mass is 10.2. The summed E-state index contributed by atoms with van der Waals surface area (Å²) in [5.41, 5.74) is -0.539. The lowest BCUT2D eigenvalue weighted by Crippen LogP contribution is -2.40. The van der Waals surface area contributed by atoms with Gasteiger partial charge in [-0.2, -0.15) is 0 Å². The highest BCUT2D eigenvalue weighted by Crippen LogP contribution is 2.18. The first kappa shape index (κ1) is 16.6. The van der Waals surface area contributed by atoms with Gasteiger partial charge in [0.1, 0.15) is 11.9 Å². The van der Waals surface area contributed by atoms with Crippen LogP contribution in [-0.2, 0) is 9.53 Å². The van der Waals surface area contributed by atoms with Crippen LogP contribution in [0.1, 0.15) is 27.2 Å². The van der Waals surface area contributed by atoms with Crippen molar-refractivity contribution in [3.8, 4) is 0 Å². The Morgan fingerprint density at radius 2 is 2.00 bits per heavy atom. The molecule has 0 aliphatic carbocycles. The molecule has 1 rings (SSSR count). The van der Waals surface area contributed by atoms with Crippen LogP contribution in [0.15, 0.2) is 35.2 Å². The van der Waals surface area contributed by atoms with Gasteiger partial charge in [0.15, 0.2) is 0 Å². The van der Waals surface area contributed by atoms with E-state index in [1.54, 1.807) is 32.5 Å². The topological polar surface area (TPSA) is 55.4 Å². The summed E-state index contributed by atoms with van der Waals surface area (Å²) in [6.07, 6.45) is 0.602. The molecule has 5 heteroatoms. The molecule has 1 aromatic rings. The third kappa shape index (κ3) is 7.19. The number of carbonyl (C=O) groups is 2. The molecule has 0 aromatic heterocycles. The van der Waals surface area contributed by atoms with Crippen LogP contribution in [0.25, 0.3) is 0 Å². The molecule has 0 heterocycles. The maximum absolute atomic E-state index is 11.7. The number of alkyl carbamates (subject to hydrolysis) is 1. The summed E-state index contributed by atoms with van der Waals surface area (Å²) in [5, 5.41) is 2.73. The van der Waals surface area contributed by atoms with Gasteiger partial charge in [-0.15, -0.1) is 11.8 Å². The maximum Gasteiger partial charge on any atom is 0.407 e. The van der Waals surface area contributed by atoms with Gasteiger partial charge in [0.25, 0.3) is 0 Å². The highest BCUT2D eigenvalue weighted by molar-refractivity contribution is 7.99. The fourth-order valence-electron chi connectivity index (χ4n) is 1.47. The Morgan fingerprint density at radius 3 is 2.55 bits per heavy atom. The molecule has 0 fully saturated rings. The molecule has 1 aromatic carbocycles. The van der Waals surface area contributed by atoms with E-state index in [0.29, 0.717) is 5.75 Å². The van der Waals surface area contributed by atoms with Crippen LogP contribution in [0.5, 0.6) is 0 Å². The maximum atomic E-state index is 11.7. The molecule has 1 N–H and O–H groups in total. The van der Waals surface area contributed by atoms with E-state index in [1.807, 2.05) is 30.3 Å². The summed E-state index contributed by atoms with van der Waals surface area (Å²) in [4.78, 5) is 23.5. The molecular formula is C15H21NO3S. The molecule has 0 bridgehead atoms. The quantitative estimate of drug-likeness (QED) is 0.646. The zero-order valence-electron chi connectivity index (χ0n) is 12.1. The van der Waals surface area contributed by atoms with E-state index in [9.17, 15) is 9.59 Å². The Bertz CT molecular complexity index is 428. The van der Waals surface area contributed by atoms with Crippen molar-refractivity contribution >= 4 is 24.1 Å². The Kier molecular flexibility index (Phi) is 6.58. The lowest BCUT2D eigenvalue weighted by molar-refractivity contribution is -0.108. The van der Waals surface area contributed by atoms with Gasteiger partial charge in [-0.3, -0.25) is 0 Å². The van der Waals surface area contributed by atoms with Gasteiger partial charge in [-0.05, 0) is 32.9 Å². The molecular weight excluding hydrogens is 274 g/mol. The predicted molar refractivity (Wildman–Crippen MR) is 81.0 cm³/mol. The van der Waals surface area contributed by atoms with Crippen LogP contribution in [0, 0.1) is 0 Å². The summed E-state index contributed by atoms with van der Waals surface area (Å²) in [6.45, 7) is 5.42. The van der Waals surface area contributed by atoms with Gasteiger partial charge < -0.3 is 14.8 Å². The molecule has 0 aliphatic rings. The highest BCUT2D eigenvalue weighted by Gasteiger charge is 2.19. The average molecular weight is 295 g/mol. The number of hydrogen-bond donors (Lipinski definition) is 1. The lowest BCUT2D eigenvalue weighted by Gasteiger charge is -2.22. The number of ether oxygens (including phenoxy) is 1. The first-order valence-electron chi connectivity index (χ1n) is 6.51. The smallest absolute Gasteiger partial charge is 0.407 e. The molecule has 0 saturated carbocycles. The van der Waals surface area contributed by atoms with Gasteiger partial charge in [0.05, 0.1) is 0 Å². The number of hydrogen-bond acceptors (Lipinski definition) is 4. The number of nitrogens with one attached hydrogen (secondary N) is 1. The Labute approximate surface area is 124 Å². The van der Waals surface area contributed by atoms with E-state index in [0.717, 1.165) is 11.2 Å². The van der Waals surface area contributed by atoms with Crippen molar-refractivity contribution in [1.29, 1.82) is 0 Å². The van der Waals surface area contributed by atoms with E-state index < -0.39 is 11.7 Å². The first-order valence-corrected chi connectivity index (χ1v) is 7.50. The van der Waals surface area contributed by atoms with Crippen molar-refractivity contribution < 1.29 is 14.3 Å². The summed E-state index contributed by atoms with van der Waals surface area (Å²) < 4.78 is 5.19. The van der Waals surface area contributed by atoms with E-state index in [-0.39, 0.29) is 12.5 Å². The van der Waals surface area contributed by atoms with Gasteiger partial charge >= 0.3 is 6.09 Å². The number of amides is 1. The first-order chi connectivity index (χ1) is 9.40.